The van der Waals surface area contributed by atoms with Gasteiger partial charge in [0.1, 0.15) is 46.0 Å². The molecular formula is C86H66B3N5O4. The van der Waals surface area contributed by atoms with Crippen molar-refractivity contribution in [2.45, 2.75) is 52.6 Å². The Kier molecular flexibility index (Phi) is 12.9. The van der Waals surface area contributed by atoms with E-state index in [2.05, 4.69) is 357 Å². The fourth-order valence-corrected chi connectivity index (χ4v) is 16.5. The number of fused-ring (bicyclic) bond motifs is 12. The molecule has 0 saturated heterocycles. The molecular weight excluding hydrogens is 1200 g/mol. The number of para-hydroxylation sites is 8. The van der Waals surface area contributed by atoms with Gasteiger partial charge in [0.05, 0.1) is 17.1 Å². The number of ether oxygens (including phenoxy) is 4. The van der Waals surface area contributed by atoms with E-state index < -0.39 is 11.1 Å². The van der Waals surface area contributed by atoms with Crippen molar-refractivity contribution in [3.8, 4) is 46.0 Å². The van der Waals surface area contributed by atoms with Gasteiger partial charge in [-0.2, -0.15) is 0 Å². The Bertz CT molecular complexity index is 4960. The van der Waals surface area contributed by atoms with Crippen molar-refractivity contribution in [1.82, 2.24) is 0 Å². The van der Waals surface area contributed by atoms with Crippen molar-refractivity contribution >= 4 is 143 Å². The summed E-state index contributed by atoms with van der Waals surface area (Å²) < 4.78 is 29.9. The second-order valence-electron chi connectivity index (χ2n) is 28.3. The first-order valence-corrected chi connectivity index (χ1v) is 34.0. The average molecular weight is 1270 g/mol. The lowest BCUT2D eigenvalue weighted by Gasteiger charge is -2.48. The molecule has 0 aliphatic carbocycles. The van der Waals surface area contributed by atoms with Gasteiger partial charge >= 0.3 is 0 Å². The maximum Gasteiger partial charge on any atom is 0.260 e. The van der Waals surface area contributed by atoms with Gasteiger partial charge in [-0.15, -0.1) is 0 Å². The van der Waals surface area contributed by atoms with E-state index in [0.717, 1.165) is 158 Å². The van der Waals surface area contributed by atoms with Gasteiger partial charge in [0.25, 0.3) is 20.1 Å². The maximum absolute atomic E-state index is 7.70. The molecule has 0 bridgehead atoms. The molecule has 0 radical (unpaired) electrons. The van der Waals surface area contributed by atoms with E-state index in [4.69, 9.17) is 18.9 Å². The first kappa shape index (κ1) is 57.7. The molecule has 6 heterocycles. The summed E-state index contributed by atoms with van der Waals surface area (Å²) in [6.07, 6.45) is 0. The first-order chi connectivity index (χ1) is 47.9. The summed E-state index contributed by atoms with van der Waals surface area (Å²) in [6.45, 7) is 13.2. The number of hydrogen-bond donors (Lipinski definition) is 0. The van der Waals surface area contributed by atoms with E-state index in [9.17, 15) is 0 Å². The summed E-state index contributed by atoms with van der Waals surface area (Å²) in [5.74, 6) is 6.41. The van der Waals surface area contributed by atoms with Gasteiger partial charge in [-0.05, 0) is 182 Å². The van der Waals surface area contributed by atoms with Crippen molar-refractivity contribution in [3.63, 3.8) is 0 Å². The Morgan fingerprint density at radius 3 is 0.806 bits per heavy atom. The summed E-state index contributed by atoms with van der Waals surface area (Å²) in [7, 11) is 0. The molecule has 0 spiro atoms. The Hall–Kier alpha value is -11.7. The highest BCUT2D eigenvalue weighted by molar-refractivity contribution is 7.03. The molecule has 0 unspecified atom stereocenters. The number of rotatable bonds is 9. The van der Waals surface area contributed by atoms with Crippen LogP contribution in [-0.2, 0) is 0 Å². The predicted octanol–water partition coefficient (Wildman–Crippen LogP) is 16.6. The highest BCUT2D eigenvalue weighted by atomic mass is 16.5. The molecule has 9 nitrogen and oxygen atoms in total. The minimum Gasteiger partial charge on any atom is -0.458 e. The number of anilines is 13. The molecule has 6 aliphatic rings. The van der Waals surface area contributed by atoms with Gasteiger partial charge in [-0.1, -0.05) is 158 Å². The topological polar surface area (TPSA) is 53.1 Å². The highest BCUT2D eigenvalue weighted by Gasteiger charge is 2.51. The molecule has 12 heteroatoms. The Balaban J connectivity index is 0.860. The zero-order chi connectivity index (χ0) is 65.7. The third-order valence-electron chi connectivity index (χ3n) is 20.2. The van der Waals surface area contributed by atoms with E-state index in [0.29, 0.717) is 0 Å². The molecule has 0 atom stereocenters. The molecule has 0 fully saturated rings. The Labute approximate surface area is 573 Å². The SMILES string of the molecule is CC(C)(C)N1c2cc3c(cc2B2c4ccccc4Oc4cc(N(c5ccccc5)c5ccccc5)cc1c42)B1c2cc4c(cc2Oc2cc(N(c5ccccc5)c5ccccc5)cc(c21)O3)N(C(C)(C)C)c1cc(N(c2ccccc2)c2ccccc2)cc2c1B4c1ccccc1O2. The quantitative estimate of drug-likeness (QED) is 0.132. The van der Waals surface area contributed by atoms with E-state index in [1.165, 1.54) is 10.9 Å². The normalized spacial score (nSPS) is 13.6. The zero-order valence-electron chi connectivity index (χ0n) is 55.3. The van der Waals surface area contributed by atoms with Crippen molar-refractivity contribution in [3.05, 3.63) is 291 Å². The number of hydrogen-bond acceptors (Lipinski definition) is 9. The molecule has 6 aliphatic heterocycles. The lowest BCUT2D eigenvalue weighted by atomic mass is 9.30. The van der Waals surface area contributed by atoms with E-state index in [1.807, 2.05) is 0 Å². The van der Waals surface area contributed by atoms with Crippen LogP contribution in [0.25, 0.3) is 0 Å². The third-order valence-corrected chi connectivity index (χ3v) is 20.2. The smallest absolute Gasteiger partial charge is 0.260 e. The minimum atomic E-state index is -0.443. The third kappa shape index (κ3) is 9.03. The second kappa shape index (κ2) is 21.9. The number of nitrogens with zero attached hydrogens (tertiary/aromatic N) is 5. The van der Waals surface area contributed by atoms with Crippen LogP contribution in [0.1, 0.15) is 41.5 Å². The van der Waals surface area contributed by atoms with Crippen LogP contribution in [-0.4, -0.2) is 31.2 Å². The van der Waals surface area contributed by atoms with Crippen molar-refractivity contribution in [2.24, 2.45) is 0 Å². The van der Waals surface area contributed by atoms with Crippen molar-refractivity contribution in [2.75, 3.05) is 24.5 Å². The van der Waals surface area contributed by atoms with E-state index in [1.54, 1.807) is 0 Å². The molecule has 98 heavy (non-hydrogen) atoms. The van der Waals surface area contributed by atoms with Crippen LogP contribution >= 0.6 is 0 Å². The molecule has 19 rings (SSSR count). The van der Waals surface area contributed by atoms with Gasteiger partial charge in [0.15, 0.2) is 0 Å². The summed E-state index contributed by atoms with van der Waals surface area (Å²) >= 11 is 0. The summed E-state index contributed by atoms with van der Waals surface area (Å²) in [6, 6.07) is 104. The zero-order valence-corrected chi connectivity index (χ0v) is 55.3. The van der Waals surface area contributed by atoms with Crippen LogP contribution in [0.15, 0.2) is 291 Å². The van der Waals surface area contributed by atoms with Crippen LogP contribution in [0, 0.1) is 0 Å². The van der Waals surface area contributed by atoms with Gasteiger partial charge in [0.2, 0.25) is 0 Å². The van der Waals surface area contributed by atoms with Crippen LogP contribution < -0.4 is 92.6 Å². The Morgan fingerprint density at radius 2 is 0.490 bits per heavy atom. The fourth-order valence-electron chi connectivity index (χ4n) is 16.5. The monoisotopic (exact) mass is 1270 g/mol. The predicted molar refractivity (Wildman–Crippen MR) is 407 cm³/mol. The highest BCUT2D eigenvalue weighted by Crippen LogP contribution is 2.51. The fraction of sp³-hybridized carbons (Fsp3) is 0.0930. The minimum absolute atomic E-state index is 0.199. The number of benzene rings is 13. The van der Waals surface area contributed by atoms with Crippen LogP contribution in [0.3, 0.4) is 0 Å². The Morgan fingerprint density at radius 1 is 0.224 bits per heavy atom. The van der Waals surface area contributed by atoms with Crippen LogP contribution in [0.2, 0.25) is 0 Å². The molecule has 0 amide bonds. The van der Waals surface area contributed by atoms with Crippen LogP contribution in [0.5, 0.6) is 46.0 Å². The summed E-state index contributed by atoms with van der Waals surface area (Å²) in [5.41, 5.74) is 22.5. The van der Waals surface area contributed by atoms with Crippen LogP contribution in [0.4, 0.5) is 73.9 Å². The summed E-state index contributed by atoms with van der Waals surface area (Å²) in [5, 5.41) is 0. The van der Waals surface area contributed by atoms with Gasteiger partial charge in [-0.3, -0.25) is 0 Å². The van der Waals surface area contributed by atoms with Gasteiger partial charge in [-0.25, -0.2) is 0 Å². The largest absolute Gasteiger partial charge is 0.458 e. The van der Waals surface area contributed by atoms with E-state index >= 15 is 0 Å². The second-order valence-corrected chi connectivity index (χ2v) is 28.3. The first-order valence-electron chi connectivity index (χ1n) is 34.0. The maximum atomic E-state index is 7.70. The average Bonchev–Trinajstić information content (AvgIpc) is 0.695. The molecule has 0 aromatic heterocycles. The molecule has 13 aromatic rings. The molecule has 13 aromatic carbocycles. The van der Waals surface area contributed by atoms with Crippen molar-refractivity contribution < 1.29 is 18.9 Å². The standard InChI is InChI=1S/C86H66B3N5O4/c1-85(2,3)93-70-53-76-68(51-66(70)87-64-41-25-27-43-74(64)95-78-47-61(45-72(93)82(78)87)90(55-29-13-7-14-30-55)56-31-15-8-16-32-56)89-69-52-67-71(54-77(69)98-81-50-63(49-80(97-76)84(81)89)92(59-37-21-11-22-38-59)60-39-23-12-24-40-60)94(86(4,5)6)73-46-62(48-79-83(73)88(67)65-42-26-28-44-75(65)96-79)91(57-33-17-9-18-34-57)58-35-19-10-20-36-58/h7-54H,1-6H3. The lowest BCUT2D eigenvalue weighted by molar-refractivity contribution is 0.464. The van der Waals surface area contributed by atoms with Crippen molar-refractivity contribution in [1.29, 1.82) is 0 Å². The lowest BCUT2D eigenvalue weighted by Crippen LogP contribution is -2.65. The molecule has 0 N–H and O–H groups in total. The molecule has 468 valence electrons. The van der Waals surface area contributed by atoms with Gasteiger partial charge in [0, 0.05) is 110 Å². The van der Waals surface area contributed by atoms with Gasteiger partial charge < -0.3 is 43.4 Å². The summed E-state index contributed by atoms with van der Waals surface area (Å²) in [4.78, 5) is 12.1. The molecule has 0 saturated carbocycles. The van der Waals surface area contributed by atoms with E-state index in [-0.39, 0.29) is 20.1 Å².